The smallest absolute Gasteiger partial charge is 0.307 e. The number of carbonyl (C=O) groups excluding carboxylic acids is 2. The van der Waals surface area contributed by atoms with E-state index in [-0.39, 0.29) is 18.8 Å². The second-order valence-electron chi connectivity index (χ2n) is 5.70. The Hall–Kier alpha value is -2.05. The van der Waals surface area contributed by atoms with Crippen LogP contribution in [0.2, 0.25) is 5.02 Å². The largest absolute Gasteiger partial charge is 0.456 e. The van der Waals surface area contributed by atoms with Crippen molar-refractivity contribution in [3.05, 3.63) is 58.4 Å². The van der Waals surface area contributed by atoms with Crippen LogP contribution in [0, 0.1) is 19.7 Å². The molecule has 0 saturated carbocycles. The van der Waals surface area contributed by atoms with Gasteiger partial charge in [0.05, 0.1) is 17.1 Å². The molecule has 4 nitrogen and oxygen atoms in total. The van der Waals surface area contributed by atoms with Crippen molar-refractivity contribution in [2.75, 3.05) is 17.7 Å². The van der Waals surface area contributed by atoms with Gasteiger partial charge in [0.2, 0.25) is 0 Å². The summed E-state index contributed by atoms with van der Waals surface area (Å²) >= 11 is 7.54. The van der Waals surface area contributed by atoms with E-state index in [0.29, 0.717) is 16.5 Å². The molecule has 0 saturated heterocycles. The Kier molecular flexibility index (Phi) is 7.48. The SMILES string of the molecule is Cc1cc(C)c(NC(=O)COC(=O)CCSc2ccc(F)cc2)c(Cl)c1. The number of benzene rings is 2. The first-order valence-electron chi connectivity index (χ1n) is 7.95. The normalized spacial score (nSPS) is 10.5. The molecule has 0 radical (unpaired) electrons. The number of ether oxygens (including phenoxy) is 1. The molecule has 0 aliphatic carbocycles. The molecule has 0 aliphatic heterocycles. The van der Waals surface area contributed by atoms with Gasteiger partial charge in [0.1, 0.15) is 5.82 Å². The lowest BCUT2D eigenvalue weighted by atomic mass is 10.1. The molecule has 1 N–H and O–H groups in total. The fraction of sp³-hybridized carbons (Fsp3) is 0.263. The van der Waals surface area contributed by atoms with E-state index < -0.39 is 11.9 Å². The highest BCUT2D eigenvalue weighted by Crippen LogP contribution is 2.27. The van der Waals surface area contributed by atoms with Crippen LogP contribution in [0.4, 0.5) is 10.1 Å². The van der Waals surface area contributed by atoms with Crippen LogP contribution in [0.25, 0.3) is 0 Å². The van der Waals surface area contributed by atoms with Gasteiger partial charge in [0.15, 0.2) is 6.61 Å². The molecule has 1 amide bonds. The van der Waals surface area contributed by atoms with E-state index in [4.69, 9.17) is 16.3 Å². The fourth-order valence-electron chi connectivity index (χ4n) is 2.25. The minimum Gasteiger partial charge on any atom is -0.456 e. The zero-order chi connectivity index (χ0) is 19.1. The maximum Gasteiger partial charge on any atom is 0.307 e. The highest BCUT2D eigenvalue weighted by Gasteiger charge is 2.12. The number of hydrogen-bond acceptors (Lipinski definition) is 4. The second kappa shape index (κ2) is 9.59. The monoisotopic (exact) mass is 395 g/mol. The van der Waals surface area contributed by atoms with Crippen molar-refractivity contribution in [2.24, 2.45) is 0 Å². The summed E-state index contributed by atoms with van der Waals surface area (Å²) in [5, 5.41) is 3.10. The standard InChI is InChI=1S/C19H19ClFNO3S/c1-12-9-13(2)19(16(20)10-12)22-17(23)11-25-18(24)7-8-26-15-5-3-14(21)4-6-15/h3-6,9-10H,7-8,11H2,1-2H3,(H,22,23). The topological polar surface area (TPSA) is 55.4 Å². The van der Waals surface area contributed by atoms with Crippen molar-refractivity contribution in [2.45, 2.75) is 25.2 Å². The zero-order valence-corrected chi connectivity index (χ0v) is 16.0. The van der Waals surface area contributed by atoms with Gasteiger partial charge in [-0.2, -0.15) is 0 Å². The molecule has 2 aromatic carbocycles. The van der Waals surface area contributed by atoms with Gasteiger partial charge < -0.3 is 10.1 Å². The first kappa shape index (κ1) is 20.3. The van der Waals surface area contributed by atoms with Crippen LogP contribution in [0.5, 0.6) is 0 Å². The number of aryl methyl sites for hydroxylation is 2. The quantitative estimate of drug-likeness (QED) is 0.542. The Balaban J connectivity index is 1.73. The van der Waals surface area contributed by atoms with Gasteiger partial charge in [0, 0.05) is 10.6 Å². The fourth-order valence-corrected chi connectivity index (χ4v) is 3.45. The van der Waals surface area contributed by atoms with Gasteiger partial charge in [-0.3, -0.25) is 9.59 Å². The molecule has 2 aromatic rings. The second-order valence-corrected chi connectivity index (χ2v) is 7.28. The number of esters is 1. The number of carbonyl (C=O) groups is 2. The predicted molar refractivity (Wildman–Crippen MR) is 102 cm³/mol. The van der Waals surface area contributed by atoms with Crippen LogP contribution in [-0.4, -0.2) is 24.2 Å². The summed E-state index contributed by atoms with van der Waals surface area (Å²) in [7, 11) is 0. The molecular formula is C19H19ClFNO3S. The number of hydrogen-bond donors (Lipinski definition) is 1. The van der Waals surface area contributed by atoms with E-state index in [0.717, 1.165) is 16.0 Å². The average Bonchev–Trinajstić information content (AvgIpc) is 2.58. The van der Waals surface area contributed by atoms with E-state index >= 15 is 0 Å². The number of thioether (sulfide) groups is 1. The maximum atomic E-state index is 12.8. The molecule has 7 heteroatoms. The zero-order valence-electron chi connectivity index (χ0n) is 14.5. The summed E-state index contributed by atoms with van der Waals surface area (Å²) in [4.78, 5) is 24.5. The van der Waals surface area contributed by atoms with Crippen LogP contribution in [0.1, 0.15) is 17.5 Å². The molecule has 26 heavy (non-hydrogen) atoms. The minimum absolute atomic E-state index is 0.152. The van der Waals surface area contributed by atoms with E-state index in [1.807, 2.05) is 19.9 Å². The highest BCUT2D eigenvalue weighted by atomic mass is 35.5. The lowest BCUT2D eigenvalue weighted by molar-refractivity contribution is -0.146. The Morgan fingerprint density at radius 3 is 2.54 bits per heavy atom. The van der Waals surface area contributed by atoms with E-state index in [1.54, 1.807) is 18.2 Å². The number of amides is 1. The van der Waals surface area contributed by atoms with Crippen molar-refractivity contribution in [3.63, 3.8) is 0 Å². The molecular weight excluding hydrogens is 377 g/mol. The maximum absolute atomic E-state index is 12.8. The molecule has 138 valence electrons. The first-order valence-corrected chi connectivity index (χ1v) is 9.32. The Morgan fingerprint density at radius 1 is 1.19 bits per heavy atom. The van der Waals surface area contributed by atoms with Crippen LogP contribution in [-0.2, 0) is 14.3 Å². The molecule has 0 aromatic heterocycles. The van der Waals surface area contributed by atoms with Gasteiger partial charge in [-0.05, 0) is 55.3 Å². The third-order valence-electron chi connectivity index (χ3n) is 3.45. The summed E-state index contributed by atoms with van der Waals surface area (Å²) in [6, 6.07) is 9.67. The summed E-state index contributed by atoms with van der Waals surface area (Å²) < 4.78 is 17.8. The van der Waals surface area contributed by atoms with Gasteiger partial charge in [-0.25, -0.2) is 4.39 Å². The molecule has 0 atom stereocenters. The third kappa shape index (κ3) is 6.35. The Morgan fingerprint density at radius 2 is 1.88 bits per heavy atom. The Bertz CT molecular complexity index is 773. The van der Waals surface area contributed by atoms with E-state index in [9.17, 15) is 14.0 Å². The lowest BCUT2D eigenvalue weighted by Crippen LogP contribution is -2.21. The average molecular weight is 396 g/mol. The molecule has 0 aliphatic rings. The number of nitrogens with one attached hydrogen (secondary N) is 1. The Labute approximate surface area is 161 Å². The lowest BCUT2D eigenvalue weighted by Gasteiger charge is -2.11. The summed E-state index contributed by atoms with van der Waals surface area (Å²) in [5.41, 5.74) is 2.35. The van der Waals surface area contributed by atoms with Crippen LogP contribution >= 0.6 is 23.4 Å². The summed E-state index contributed by atoms with van der Waals surface area (Å²) in [5.74, 6) is -0.738. The molecule has 0 unspecified atom stereocenters. The predicted octanol–water partition coefficient (Wildman–Crippen LogP) is 4.76. The van der Waals surface area contributed by atoms with Crippen molar-refractivity contribution < 1.29 is 18.7 Å². The van der Waals surface area contributed by atoms with Crippen LogP contribution in [0.15, 0.2) is 41.3 Å². The molecule has 2 rings (SSSR count). The van der Waals surface area contributed by atoms with E-state index in [1.165, 1.54) is 23.9 Å². The molecule has 0 spiro atoms. The molecule has 0 fully saturated rings. The molecule has 0 heterocycles. The summed E-state index contributed by atoms with van der Waals surface area (Å²) in [6.07, 6.45) is 0.152. The van der Waals surface area contributed by atoms with Crippen LogP contribution in [0.3, 0.4) is 0 Å². The van der Waals surface area contributed by atoms with Gasteiger partial charge >= 0.3 is 5.97 Å². The van der Waals surface area contributed by atoms with Crippen molar-refractivity contribution in [1.29, 1.82) is 0 Å². The first-order chi connectivity index (χ1) is 12.3. The third-order valence-corrected chi connectivity index (χ3v) is 4.76. The number of rotatable bonds is 7. The van der Waals surface area contributed by atoms with E-state index in [2.05, 4.69) is 5.32 Å². The van der Waals surface area contributed by atoms with Gasteiger partial charge in [-0.15, -0.1) is 11.8 Å². The van der Waals surface area contributed by atoms with Crippen molar-refractivity contribution >= 4 is 40.9 Å². The summed E-state index contributed by atoms with van der Waals surface area (Å²) in [6.45, 7) is 3.38. The van der Waals surface area contributed by atoms with Crippen molar-refractivity contribution in [3.8, 4) is 0 Å². The number of anilines is 1. The van der Waals surface area contributed by atoms with Gasteiger partial charge in [-0.1, -0.05) is 17.7 Å². The minimum atomic E-state index is -0.471. The van der Waals surface area contributed by atoms with Crippen molar-refractivity contribution in [1.82, 2.24) is 0 Å². The molecule has 0 bridgehead atoms. The van der Waals surface area contributed by atoms with Crippen LogP contribution < -0.4 is 5.32 Å². The highest BCUT2D eigenvalue weighted by molar-refractivity contribution is 7.99. The number of halogens is 2. The van der Waals surface area contributed by atoms with Gasteiger partial charge in [0.25, 0.3) is 5.91 Å².